The highest BCUT2D eigenvalue weighted by molar-refractivity contribution is 7.15. The van der Waals surface area contributed by atoms with E-state index in [2.05, 4.69) is 64.5 Å². The third kappa shape index (κ3) is 4.38. The molecule has 0 atom stereocenters. The Labute approximate surface area is 197 Å². The number of pyridine rings is 1. The van der Waals surface area contributed by atoms with Crippen molar-refractivity contribution < 1.29 is 0 Å². The van der Waals surface area contributed by atoms with Crippen LogP contribution >= 0.6 is 11.3 Å². The Kier molecular flexibility index (Phi) is 6.29. The molecule has 4 N–H and O–H groups in total. The number of allylic oxidation sites excluding steroid dienone is 5. The maximum Gasteiger partial charge on any atom is 0.138 e. The average molecular weight is 454 g/mol. The summed E-state index contributed by atoms with van der Waals surface area (Å²) in [6.07, 6.45) is 11.3. The number of nitrogens with zero attached hydrogens (tertiary/aromatic N) is 2. The van der Waals surface area contributed by atoms with E-state index in [1.807, 2.05) is 44.3 Å². The predicted molar refractivity (Wildman–Crippen MR) is 141 cm³/mol. The Balaban J connectivity index is 1.87. The van der Waals surface area contributed by atoms with Crippen molar-refractivity contribution in [3.63, 3.8) is 0 Å². The van der Waals surface area contributed by atoms with Gasteiger partial charge in [0.05, 0.1) is 11.0 Å². The molecule has 4 aromatic heterocycles. The van der Waals surface area contributed by atoms with Gasteiger partial charge in [-0.25, -0.2) is 4.98 Å². The molecule has 0 spiro atoms. The largest absolute Gasteiger partial charge is 0.399 e. The molecule has 0 unspecified atom stereocenters. The molecule has 4 rings (SSSR count). The van der Waals surface area contributed by atoms with Gasteiger partial charge >= 0.3 is 0 Å². The van der Waals surface area contributed by atoms with Gasteiger partial charge in [-0.2, -0.15) is 5.10 Å². The summed E-state index contributed by atoms with van der Waals surface area (Å²) in [7, 11) is 0. The van der Waals surface area contributed by atoms with Crippen LogP contribution in [0.2, 0.25) is 0 Å². The van der Waals surface area contributed by atoms with Gasteiger partial charge in [0, 0.05) is 37.8 Å². The topological polar surface area (TPSA) is 83.4 Å². The highest BCUT2D eigenvalue weighted by Gasteiger charge is 2.14. The van der Waals surface area contributed by atoms with Gasteiger partial charge in [0.25, 0.3) is 0 Å². The molecule has 0 saturated heterocycles. The molecular formula is C27H27N5S. The second-order valence-corrected chi connectivity index (χ2v) is 8.95. The second kappa shape index (κ2) is 9.30. The highest BCUT2D eigenvalue weighted by Crippen LogP contribution is 2.34. The second-order valence-electron chi connectivity index (χ2n) is 7.66. The van der Waals surface area contributed by atoms with E-state index in [1.54, 1.807) is 17.4 Å². The molecule has 0 aliphatic rings. The Morgan fingerprint density at radius 3 is 2.70 bits per heavy atom. The quantitative estimate of drug-likeness (QED) is 0.355. The van der Waals surface area contributed by atoms with E-state index >= 15 is 0 Å². The van der Waals surface area contributed by atoms with E-state index < -0.39 is 0 Å². The minimum absolute atomic E-state index is 0.588. The van der Waals surface area contributed by atoms with Crippen LogP contribution in [0, 0.1) is 6.92 Å². The van der Waals surface area contributed by atoms with Gasteiger partial charge in [0.2, 0.25) is 0 Å². The molecule has 4 heterocycles. The molecule has 0 amide bonds. The Morgan fingerprint density at radius 1 is 1.21 bits per heavy atom. The van der Waals surface area contributed by atoms with E-state index in [4.69, 9.17) is 5.73 Å². The molecule has 0 saturated carbocycles. The number of hydrogen-bond acceptors (Lipinski definition) is 4. The lowest BCUT2D eigenvalue weighted by Crippen LogP contribution is -2.23. The Bertz CT molecular complexity index is 1540. The van der Waals surface area contributed by atoms with Crippen LogP contribution in [0.1, 0.15) is 18.7 Å². The van der Waals surface area contributed by atoms with Crippen LogP contribution in [0.4, 0.5) is 0 Å². The van der Waals surface area contributed by atoms with Crippen LogP contribution in [0.5, 0.6) is 0 Å². The molecule has 166 valence electrons. The minimum atomic E-state index is 0.588. The summed E-state index contributed by atoms with van der Waals surface area (Å²) in [5.41, 5.74) is 12.0. The SMILES string of the molecule is C=C/C(N)=C\C(=C/C)C(=C)/C=c1/c(-c2cc3c(-c4ccc(C)s4)ccnc3[nH]2)n[nH]/c1=C/C. The Morgan fingerprint density at radius 2 is 2.03 bits per heavy atom. The molecule has 0 radical (unpaired) electrons. The predicted octanol–water partition coefficient (Wildman–Crippen LogP) is 5.10. The fourth-order valence-corrected chi connectivity index (χ4v) is 4.65. The lowest BCUT2D eigenvalue weighted by Gasteiger charge is -2.02. The molecular weight excluding hydrogens is 426 g/mol. The third-order valence-electron chi connectivity index (χ3n) is 5.47. The molecule has 6 heteroatoms. The van der Waals surface area contributed by atoms with Crippen molar-refractivity contribution in [3.05, 3.63) is 94.1 Å². The van der Waals surface area contributed by atoms with Crippen molar-refractivity contribution in [1.29, 1.82) is 0 Å². The van der Waals surface area contributed by atoms with E-state index in [9.17, 15) is 0 Å². The number of thiophene rings is 1. The van der Waals surface area contributed by atoms with Crippen LogP contribution in [0.15, 0.2) is 78.7 Å². The molecule has 0 aromatic carbocycles. The number of H-pyrrole nitrogens is 2. The zero-order valence-corrected chi connectivity index (χ0v) is 19.9. The van der Waals surface area contributed by atoms with E-state index in [1.165, 1.54) is 9.75 Å². The van der Waals surface area contributed by atoms with Gasteiger partial charge in [-0.3, -0.25) is 5.10 Å². The minimum Gasteiger partial charge on any atom is -0.399 e. The van der Waals surface area contributed by atoms with Crippen molar-refractivity contribution in [2.45, 2.75) is 20.8 Å². The van der Waals surface area contributed by atoms with Gasteiger partial charge in [0.15, 0.2) is 0 Å². The molecule has 33 heavy (non-hydrogen) atoms. The van der Waals surface area contributed by atoms with E-state index in [0.29, 0.717) is 5.70 Å². The van der Waals surface area contributed by atoms with Crippen LogP contribution in [-0.2, 0) is 0 Å². The first-order valence-corrected chi connectivity index (χ1v) is 11.5. The van der Waals surface area contributed by atoms with Crippen molar-refractivity contribution in [2.24, 2.45) is 5.73 Å². The lowest BCUT2D eigenvalue weighted by atomic mass is 10.0. The average Bonchev–Trinajstić information content (AvgIpc) is 3.54. The number of aromatic amines is 2. The summed E-state index contributed by atoms with van der Waals surface area (Å²) in [4.78, 5) is 10.5. The fourth-order valence-electron chi connectivity index (χ4n) is 3.74. The van der Waals surface area contributed by atoms with E-state index in [-0.39, 0.29) is 0 Å². The van der Waals surface area contributed by atoms with E-state index in [0.717, 1.165) is 49.7 Å². The number of aryl methyl sites for hydroxylation is 1. The molecule has 5 nitrogen and oxygen atoms in total. The first kappa shape index (κ1) is 22.3. The number of aromatic nitrogens is 4. The van der Waals surface area contributed by atoms with Crippen LogP contribution in [-0.4, -0.2) is 20.2 Å². The van der Waals surface area contributed by atoms with Crippen molar-refractivity contribution in [3.8, 4) is 21.8 Å². The number of rotatable bonds is 6. The maximum atomic E-state index is 5.96. The smallest absolute Gasteiger partial charge is 0.138 e. The third-order valence-corrected chi connectivity index (χ3v) is 6.51. The fraction of sp³-hybridized carbons (Fsp3) is 0.111. The van der Waals surface area contributed by atoms with Crippen LogP contribution in [0.25, 0.3) is 45.0 Å². The normalized spacial score (nSPS) is 13.8. The number of nitrogens with one attached hydrogen (secondary N) is 2. The monoisotopic (exact) mass is 453 g/mol. The van der Waals surface area contributed by atoms with Gasteiger partial charge in [-0.05, 0) is 74.4 Å². The van der Waals surface area contributed by atoms with Gasteiger partial charge in [0.1, 0.15) is 11.3 Å². The number of hydrogen-bond donors (Lipinski definition) is 3. The summed E-state index contributed by atoms with van der Waals surface area (Å²) in [5.74, 6) is 0. The van der Waals surface area contributed by atoms with Crippen molar-refractivity contribution >= 4 is 34.5 Å². The molecule has 0 aliphatic heterocycles. The molecule has 0 aliphatic carbocycles. The summed E-state index contributed by atoms with van der Waals surface area (Å²) in [6, 6.07) is 8.48. The molecule has 0 bridgehead atoms. The van der Waals surface area contributed by atoms with Crippen LogP contribution < -0.4 is 16.3 Å². The van der Waals surface area contributed by atoms with Crippen LogP contribution in [0.3, 0.4) is 0 Å². The number of nitrogens with two attached hydrogens (primary N) is 1. The Hall–Kier alpha value is -3.90. The van der Waals surface area contributed by atoms with Gasteiger partial charge in [-0.1, -0.05) is 25.3 Å². The zero-order chi connectivity index (χ0) is 23.5. The summed E-state index contributed by atoms with van der Waals surface area (Å²) in [6.45, 7) is 14.0. The molecule has 0 fully saturated rings. The lowest BCUT2D eigenvalue weighted by molar-refractivity contribution is 1.06. The van der Waals surface area contributed by atoms with Crippen molar-refractivity contribution in [2.75, 3.05) is 0 Å². The van der Waals surface area contributed by atoms with Crippen molar-refractivity contribution in [1.82, 2.24) is 20.2 Å². The summed E-state index contributed by atoms with van der Waals surface area (Å²) < 4.78 is 0. The first-order valence-electron chi connectivity index (χ1n) is 10.7. The highest BCUT2D eigenvalue weighted by atomic mass is 32.1. The number of fused-ring (bicyclic) bond motifs is 1. The summed E-state index contributed by atoms with van der Waals surface area (Å²) in [5, 5.41) is 10.7. The zero-order valence-electron chi connectivity index (χ0n) is 19.1. The van der Waals surface area contributed by atoms with Gasteiger partial charge in [-0.15, -0.1) is 11.3 Å². The maximum absolute atomic E-state index is 5.96. The van der Waals surface area contributed by atoms with Gasteiger partial charge < -0.3 is 10.7 Å². The first-order chi connectivity index (χ1) is 15.9. The summed E-state index contributed by atoms with van der Waals surface area (Å²) >= 11 is 1.78. The molecule has 4 aromatic rings. The standard InChI is InChI=1S/C27H27N5S/c1-6-18(14-19(28)7-2)16(4)13-22-23(8-3)31-32-26(22)24-15-21-20(11-12-29-27(21)30-24)25-10-9-17(5)33-25/h6-15,31H,2,4,28H2,1,3,5H3,(H,29,30)/b18-6+,19-14+,22-13+,23-8+.